The molecular formula is C7H13F2N3O4S2. The van der Waals surface area contributed by atoms with E-state index in [1.807, 2.05) is 6.20 Å². The zero-order chi connectivity index (χ0) is 14.4. The summed E-state index contributed by atoms with van der Waals surface area (Å²) < 4.78 is 62.3. The summed E-state index contributed by atoms with van der Waals surface area (Å²) in [5.41, 5.74) is 0. The molecule has 0 aliphatic rings. The van der Waals surface area contributed by atoms with Gasteiger partial charge in [-0.15, -0.1) is 7.77 Å². The molecule has 1 N–H and O–H groups in total. The lowest BCUT2D eigenvalue weighted by atomic mass is 10.5. The van der Waals surface area contributed by atoms with Crippen LogP contribution in [0.25, 0.3) is 4.13 Å². The smallest absolute Gasteiger partial charge is 0.251 e. The molecule has 0 fully saturated rings. The highest BCUT2D eigenvalue weighted by Crippen LogP contribution is 2.11. The molecule has 0 unspecified atom stereocenters. The van der Waals surface area contributed by atoms with E-state index < -0.39 is 20.8 Å². The Kier molecular flexibility index (Phi) is 6.35. The molecule has 106 valence electrons. The second kappa shape index (κ2) is 6.75. The Bertz CT molecular complexity index is 537. The van der Waals surface area contributed by atoms with Crippen LogP contribution in [0.15, 0.2) is 12.4 Å². The first-order valence-corrected chi connectivity index (χ1v) is 7.40. The van der Waals surface area contributed by atoms with Crippen LogP contribution in [-0.2, 0) is 27.4 Å². The molecule has 0 saturated heterocycles. The minimum atomic E-state index is -5.62. The van der Waals surface area contributed by atoms with Gasteiger partial charge in [0.25, 0.3) is 5.82 Å². The van der Waals surface area contributed by atoms with E-state index in [-0.39, 0.29) is 0 Å². The summed E-state index contributed by atoms with van der Waals surface area (Å²) in [4.78, 5) is 3.12. The van der Waals surface area contributed by atoms with Gasteiger partial charge < -0.3 is 4.13 Å². The quantitative estimate of drug-likeness (QED) is 0.656. The number of aryl methyl sites for hydroxylation is 2. The molecule has 0 spiro atoms. The molecule has 0 saturated carbocycles. The van der Waals surface area contributed by atoms with Gasteiger partial charge in [0.05, 0.1) is 6.54 Å². The van der Waals surface area contributed by atoms with Crippen molar-refractivity contribution in [1.82, 2.24) is 4.98 Å². The van der Waals surface area contributed by atoms with Crippen LogP contribution in [0.2, 0.25) is 0 Å². The third-order valence-corrected chi connectivity index (χ3v) is 3.04. The van der Waals surface area contributed by atoms with Crippen LogP contribution in [0.1, 0.15) is 19.2 Å². The number of rotatable bonds is 4. The van der Waals surface area contributed by atoms with Crippen LogP contribution in [0.3, 0.4) is 0 Å². The topological polar surface area (TPSA) is 102 Å². The first-order valence-electron chi connectivity index (χ1n) is 4.72. The maximum absolute atomic E-state index is 11.1. The standard InChI is InChI=1S/C7H12N2.F2NO4S2/c1-3-5-9-6-4-8-7(9)2;1-8(4,5)3-9(2,6)7/h4,6H,3,5H2,1-2H3;/q;-1/p+1. The van der Waals surface area contributed by atoms with Gasteiger partial charge in [0.1, 0.15) is 12.4 Å². The fourth-order valence-corrected chi connectivity index (χ4v) is 1.88. The van der Waals surface area contributed by atoms with Gasteiger partial charge in [0.2, 0.25) is 20.8 Å². The number of aromatic amines is 1. The summed E-state index contributed by atoms with van der Waals surface area (Å²) in [6.07, 6.45) is 5.23. The number of hydrogen-bond donors (Lipinski definition) is 1. The maximum atomic E-state index is 11.1. The van der Waals surface area contributed by atoms with E-state index in [0.717, 1.165) is 10.7 Å². The molecule has 0 amide bonds. The van der Waals surface area contributed by atoms with Crippen molar-refractivity contribution in [2.45, 2.75) is 26.8 Å². The lowest BCUT2D eigenvalue weighted by Gasteiger charge is -2.03. The first-order chi connectivity index (χ1) is 8.05. The van der Waals surface area contributed by atoms with E-state index >= 15 is 0 Å². The first kappa shape index (κ1) is 16.9. The fourth-order valence-electron chi connectivity index (χ4n) is 1.03. The molecule has 0 atom stereocenters. The number of nitrogens with one attached hydrogen (secondary N) is 1. The molecule has 1 aromatic rings. The Morgan fingerprint density at radius 1 is 1.28 bits per heavy atom. The molecule has 18 heavy (non-hydrogen) atoms. The van der Waals surface area contributed by atoms with Gasteiger partial charge >= 0.3 is 0 Å². The molecule has 1 aromatic heterocycles. The predicted octanol–water partition coefficient (Wildman–Crippen LogP) is 0.809. The Hall–Kier alpha value is -1.07. The van der Waals surface area contributed by atoms with Crippen molar-refractivity contribution in [2.24, 2.45) is 0 Å². The normalized spacial score (nSPS) is 11.8. The Labute approximate surface area is 105 Å². The molecule has 11 heteroatoms. The Morgan fingerprint density at radius 2 is 1.78 bits per heavy atom. The Balaban J connectivity index is 0.000000321. The molecule has 7 nitrogen and oxygen atoms in total. The van der Waals surface area contributed by atoms with Crippen LogP contribution in [0.4, 0.5) is 7.77 Å². The minimum Gasteiger partial charge on any atom is -0.379 e. The highest BCUT2D eigenvalue weighted by molar-refractivity contribution is 8.07. The van der Waals surface area contributed by atoms with E-state index in [4.69, 9.17) is 0 Å². The van der Waals surface area contributed by atoms with E-state index in [0.29, 0.717) is 0 Å². The highest BCUT2D eigenvalue weighted by Gasteiger charge is 2.01. The third kappa shape index (κ3) is 9.01. The highest BCUT2D eigenvalue weighted by atomic mass is 32.3. The average molecular weight is 305 g/mol. The minimum absolute atomic E-state index is 1.12. The second-order valence-electron chi connectivity index (χ2n) is 3.14. The van der Waals surface area contributed by atoms with Crippen LogP contribution in [0, 0.1) is 6.92 Å². The average Bonchev–Trinajstić information content (AvgIpc) is 2.47. The number of halogens is 2. The van der Waals surface area contributed by atoms with E-state index in [1.165, 1.54) is 12.2 Å². The lowest BCUT2D eigenvalue weighted by Crippen LogP contribution is -2.33. The molecule has 0 radical (unpaired) electrons. The summed E-state index contributed by atoms with van der Waals surface area (Å²) in [7, 11) is -11.2. The van der Waals surface area contributed by atoms with Gasteiger partial charge in [0.15, 0.2) is 0 Å². The number of H-pyrrole nitrogens is 1. The molecule has 0 aliphatic heterocycles. The Morgan fingerprint density at radius 3 is 2.00 bits per heavy atom. The predicted molar refractivity (Wildman–Crippen MR) is 59.4 cm³/mol. The second-order valence-corrected chi connectivity index (χ2v) is 5.38. The van der Waals surface area contributed by atoms with Gasteiger partial charge in [-0.2, -0.15) is 0 Å². The van der Waals surface area contributed by atoms with Crippen molar-refractivity contribution in [1.29, 1.82) is 0 Å². The van der Waals surface area contributed by atoms with Crippen molar-refractivity contribution in [2.75, 3.05) is 0 Å². The van der Waals surface area contributed by atoms with Gasteiger partial charge in [-0.3, -0.25) is 0 Å². The van der Waals surface area contributed by atoms with Crippen molar-refractivity contribution in [3.05, 3.63) is 22.3 Å². The number of nitrogens with zero attached hydrogens (tertiary/aromatic N) is 2. The molecular weight excluding hydrogens is 292 g/mol. The molecule has 0 bridgehead atoms. The van der Waals surface area contributed by atoms with Crippen LogP contribution < -0.4 is 4.57 Å². The van der Waals surface area contributed by atoms with Gasteiger partial charge in [0, 0.05) is 6.92 Å². The van der Waals surface area contributed by atoms with Crippen molar-refractivity contribution >= 4 is 20.8 Å². The van der Waals surface area contributed by atoms with Crippen LogP contribution >= 0.6 is 0 Å². The molecule has 0 aliphatic carbocycles. The lowest BCUT2D eigenvalue weighted by molar-refractivity contribution is -0.701. The number of imidazole rings is 1. The van der Waals surface area contributed by atoms with E-state index in [9.17, 15) is 24.6 Å². The van der Waals surface area contributed by atoms with Gasteiger partial charge in [-0.1, -0.05) is 6.92 Å². The van der Waals surface area contributed by atoms with Crippen molar-refractivity contribution < 1.29 is 29.2 Å². The van der Waals surface area contributed by atoms with Gasteiger partial charge in [-0.25, -0.2) is 26.4 Å². The van der Waals surface area contributed by atoms with E-state index in [1.54, 1.807) is 0 Å². The van der Waals surface area contributed by atoms with Crippen LogP contribution in [0.5, 0.6) is 0 Å². The summed E-state index contributed by atoms with van der Waals surface area (Å²) in [6, 6.07) is 0. The third-order valence-electron chi connectivity index (χ3n) is 1.62. The molecule has 0 aromatic carbocycles. The molecule has 1 heterocycles. The summed E-state index contributed by atoms with van der Waals surface area (Å²) in [5, 5.41) is 0. The zero-order valence-electron chi connectivity index (χ0n) is 9.67. The fraction of sp³-hybridized carbons (Fsp3) is 0.571. The zero-order valence-corrected chi connectivity index (χ0v) is 11.3. The number of aromatic nitrogens is 2. The summed E-state index contributed by atoms with van der Waals surface area (Å²) in [6.45, 7) is 5.38. The maximum Gasteiger partial charge on any atom is 0.251 e. The summed E-state index contributed by atoms with van der Waals surface area (Å²) in [5.74, 6) is 1.23. The van der Waals surface area contributed by atoms with Crippen molar-refractivity contribution in [3.63, 3.8) is 0 Å². The van der Waals surface area contributed by atoms with Gasteiger partial charge in [-0.05, 0) is 6.42 Å². The van der Waals surface area contributed by atoms with E-state index in [2.05, 4.69) is 29.6 Å². The monoisotopic (exact) mass is 305 g/mol. The van der Waals surface area contributed by atoms with Crippen LogP contribution in [-0.4, -0.2) is 21.8 Å². The number of hydrogen-bond acceptors (Lipinski definition) is 4. The summed E-state index contributed by atoms with van der Waals surface area (Å²) >= 11 is 0. The van der Waals surface area contributed by atoms with Crippen molar-refractivity contribution in [3.8, 4) is 0 Å². The molecule has 1 rings (SSSR count). The SMILES string of the molecule is CCC[n+]1cc[nH]c1C.O=S(=O)(F)[N-]S(=O)(=O)F. The largest absolute Gasteiger partial charge is 0.379 e.